The molecule has 0 aromatic heterocycles. The van der Waals surface area contributed by atoms with Gasteiger partial charge in [0.05, 0.1) is 6.26 Å². The van der Waals surface area contributed by atoms with Crippen LogP contribution < -0.4 is 4.74 Å². The summed E-state index contributed by atoms with van der Waals surface area (Å²) in [7, 11) is 0. The van der Waals surface area contributed by atoms with Crippen LogP contribution in [0.2, 0.25) is 0 Å². The Morgan fingerprint density at radius 1 is 1.29 bits per heavy atom. The molecule has 4 heteroatoms. The van der Waals surface area contributed by atoms with Gasteiger partial charge in [0, 0.05) is 0 Å². The molecular formula is C10H10O4. The van der Waals surface area contributed by atoms with Crippen LogP contribution in [0, 0.1) is 0 Å². The fourth-order valence-electron chi connectivity index (χ4n) is 1.08. The van der Waals surface area contributed by atoms with Crippen molar-refractivity contribution in [2.75, 3.05) is 0 Å². The highest BCUT2D eigenvalue weighted by molar-refractivity contribution is 5.53. The lowest BCUT2D eigenvalue weighted by molar-refractivity contribution is 0.137. The Morgan fingerprint density at radius 2 is 1.93 bits per heavy atom. The second-order valence-corrected chi connectivity index (χ2v) is 2.58. The van der Waals surface area contributed by atoms with Gasteiger partial charge in [0.1, 0.15) is 5.75 Å². The van der Waals surface area contributed by atoms with Crippen molar-refractivity contribution in [3.05, 3.63) is 42.2 Å². The normalized spacial score (nSPS) is 11.7. The van der Waals surface area contributed by atoms with Crippen LogP contribution in [0.3, 0.4) is 0 Å². The molecular weight excluding hydrogens is 184 g/mol. The Kier molecular flexibility index (Phi) is 3.55. The maximum Gasteiger partial charge on any atom is 0.503 e. The molecule has 1 aromatic carbocycles. The fourth-order valence-corrected chi connectivity index (χ4v) is 1.08. The summed E-state index contributed by atoms with van der Waals surface area (Å²) in [6.07, 6.45) is 2.92. The Labute approximate surface area is 81.1 Å². The quantitative estimate of drug-likeness (QED) is 0.665. The topological polar surface area (TPSA) is 66.8 Å². The zero-order chi connectivity index (χ0) is 10.4. The first-order valence-corrected chi connectivity index (χ1v) is 4.01. The van der Waals surface area contributed by atoms with Gasteiger partial charge < -0.3 is 14.9 Å². The lowest BCUT2D eigenvalue weighted by atomic mass is 10.1. The van der Waals surface area contributed by atoms with E-state index in [9.17, 15) is 0 Å². The predicted octanol–water partition coefficient (Wildman–Crippen LogP) is 2.36. The van der Waals surface area contributed by atoms with Crippen LogP contribution in [0.25, 0.3) is 0 Å². The summed E-state index contributed by atoms with van der Waals surface area (Å²) in [5, 5.41) is 13.9. The van der Waals surface area contributed by atoms with Crippen LogP contribution >= 0.6 is 0 Å². The molecule has 0 aliphatic carbocycles. The number of carbonyl (C=O) groups is 1. The van der Waals surface area contributed by atoms with Crippen molar-refractivity contribution in [2.24, 2.45) is 0 Å². The molecule has 14 heavy (non-hydrogen) atoms. The first-order valence-electron chi connectivity index (χ1n) is 4.01. The molecule has 0 fully saturated rings. The zero-order valence-corrected chi connectivity index (χ0v) is 7.38. The van der Waals surface area contributed by atoms with Crippen molar-refractivity contribution in [3.63, 3.8) is 0 Å². The molecule has 74 valence electrons. The van der Waals surface area contributed by atoms with Gasteiger partial charge in [0.15, 0.2) is 0 Å². The molecule has 0 spiro atoms. The largest absolute Gasteiger partial charge is 0.503 e. The van der Waals surface area contributed by atoms with Crippen molar-refractivity contribution in [1.29, 1.82) is 0 Å². The van der Waals surface area contributed by atoms with Crippen molar-refractivity contribution < 1.29 is 19.7 Å². The van der Waals surface area contributed by atoms with Gasteiger partial charge in [-0.15, -0.1) is 0 Å². The Hall–Kier alpha value is -1.97. The van der Waals surface area contributed by atoms with Crippen LogP contribution in [0.1, 0.15) is 5.56 Å². The number of hydrogen-bond donors (Lipinski definition) is 2. The molecule has 2 N–H and O–H groups in total. The molecule has 0 radical (unpaired) electrons. The van der Waals surface area contributed by atoms with Gasteiger partial charge in [-0.25, -0.2) is 4.79 Å². The number of rotatable bonds is 0. The summed E-state index contributed by atoms with van der Waals surface area (Å²) < 4.78 is 5.24. The van der Waals surface area contributed by atoms with Gasteiger partial charge in [-0.3, -0.25) is 0 Å². The number of benzene rings is 1. The highest BCUT2D eigenvalue weighted by Crippen LogP contribution is 2.21. The van der Waals surface area contributed by atoms with Gasteiger partial charge in [0.2, 0.25) is 0 Å². The molecule has 0 saturated carbocycles. The Morgan fingerprint density at radius 3 is 2.57 bits per heavy atom. The van der Waals surface area contributed by atoms with E-state index in [0.717, 1.165) is 12.2 Å². The minimum atomic E-state index is -1.83. The molecule has 0 amide bonds. The van der Waals surface area contributed by atoms with Gasteiger partial charge in [-0.2, -0.15) is 0 Å². The minimum Gasteiger partial charge on any atom is -0.465 e. The van der Waals surface area contributed by atoms with E-state index >= 15 is 0 Å². The number of fused-ring (bicyclic) bond motifs is 1. The monoisotopic (exact) mass is 194 g/mol. The SMILES string of the molecule is C1=COc2ccccc2C1.O=C(O)O. The molecule has 4 nitrogen and oxygen atoms in total. The molecule has 0 atom stereocenters. The molecule has 1 aliphatic heterocycles. The van der Waals surface area contributed by atoms with Crippen LogP contribution in [0.15, 0.2) is 36.6 Å². The summed E-state index contributed by atoms with van der Waals surface area (Å²) in [4.78, 5) is 8.56. The van der Waals surface area contributed by atoms with Crippen molar-refractivity contribution in [1.82, 2.24) is 0 Å². The van der Waals surface area contributed by atoms with Crippen molar-refractivity contribution in [2.45, 2.75) is 6.42 Å². The van der Waals surface area contributed by atoms with Crippen LogP contribution in [0.5, 0.6) is 5.75 Å². The maximum atomic E-state index is 8.56. The van der Waals surface area contributed by atoms with Crippen molar-refractivity contribution in [3.8, 4) is 5.75 Å². The van der Waals surface area contributed by atoms with Gasteiger partial charge in [-0.05, 0) is 24.1 Å². The van der Waals surface area contributed by atoms with E-state index in [-0.39, 0.29) is 0 Å². The number of hydrogen-bond acceptors (Lipinski definition) is 2. The molecule has 1 heterocycles. The molecule has 2 rings (SSSR count). The molecule has 0 bridgehead atoms. The van der Waals surface area contributed by atoms with E-state index in [1.807, 2.05) is 24.3 Å². The molecule has 0 unspecified atom stereocenters. The van der Waals surface area contributed by atoms with Gasteiger partial charge >= 0.3 is 6.16 Å². The number of allylic oxidation sites excluding steroid dienone is 1. The summed E-state index contributed by atoms with van der Waals surface area (Å²) in [5.74, 6) is 0.991. The average Bonchev–Trinajstić information content (AvgIpc) is 2.17. The molecule has 0 saturated heterocycles. The third kappa shape index (κ3) is 3.18. The summed E-state index contributed by atoms with van der Waals surface area (Å²) >= 11 is 0. The van der Waals surface area contributed by atoms with E-state index in [0.29, 0.717) is 0 Å². The predicted molar refractivity (Wildman–Crippen MR) is 50.6 cm³/mol. The zero-order valence-electron chi connectivity index (χ0n) is 7.38. The second-order valence-electron chi connectivity index (χ2n) is 2.58. The summed E-state index contributed by atoms with van der Waals surface area (Å²) in [6, 6.07) is 8.08. The smallest absolute Gasteiger partial charge is 0.465 e. The lowest BCUT2D eigenvalue weighted by Crippen LogP contribution is -1.94. The van der Waals surface area contributed by atoms with E-state index < -0.39 is 6.16 Å². The maximum absolute atomic E-state index is 8.56. The lowest BCUT2D eigenvalue weighted by Gasteiger charge is -2.09. The summed E-state index contributed by atoms with van der Waals surface area (Å²) in [5.41, 5.74) is 1.27. The van der Waals surface area contributed by atoms with Gasteiger partial charge in [-0.1, -0.05) is 18.2 Å². The van der Waals surface area contributed by atoms with Crippen LogP contribution in [-0.2, 0) is 6.42 Å². The minimum absolute atomic E-state index is 0.991. The second kappa shape index (κ2) is 4.91. The number of para-hydroxylation sites is 1. The highest BCUT2D eigenvalue weighted by Gasteiger charge is 2.02. The van der Waals surface area contributed by atoms with E-state index in [4.69, 9.17) is 19.7 Å². The van der Waals surface area contributed by atoms with Gasteiger partial charge in [0.25, 0.3) is 0 Å². The Bertz CT molecular complexity index is 313. The fraction of sp³-hybridized carbons (Fsp3) is 0.100. The average molecular weight is 194 g/mol. The third-order valence-corrected chi connectivity index (χ3v) is 1.60. The first-order chi connectivity index (χ1) is 6.70. The Balaban J connectivity index is 0.000000213. The third-order valence-electron chi connectivity index (χ3n) is 1.60. The number of ether oxygens (including phenoxy) is 1. The first kappa shape index (κ1) is 10.1. The van der Waals surface area contributed by atoms with Crippen molar-refractivity contribution >= 4 is 6.16 Å². The van der Waals surface area contributed by atoms with E-state index in [1.165, 1.54) is 5.56 Å². The molecule has 1 aromatic rings. The standard InChI is InChI=1S/C9H8O.CH2O3/c1-2-6-9-8(4-1)5-3-7-10-9;2-1(3)4/h1-4,6-7H,5H2;(H2,2,3,4). The van der Waals surface area contributed by atoms with E-state index in [2.05, 4.69) is 6.07 Å². The van der Waals surface area contributed by atoms with E-state index in [1.54, 1.807) is 6.26 Å². The molecule has 1 aliphatic rings. The van der Waals surface area contributed by atoms with Crippen LogP contribution in [0.4, 0.5) is 4.79 Å². The summed E-state index contributed by atoms with van der Waals surface area (Å²) in [6.45, 7) is 0. The van der Waals surface area contributed by atoms with Crippen LogP contribution in [-0.4, -0.2) is 16.4 Å². The number of carboxylic acid groups (broad SMARTS) is 2. The highest BCUT2D eigenvalue weighted by atomic mass is 16.6.